The lowest BCUT2D eigenvalue weighted by molar-refractivity contribution is -0.192. The number of carboxylic acids is 1. The number of benzene rings is 2. The standard InChI is InChI=1S/C20H19ClF2N4O5S.C2HF3O2/c1-26-10-24-13-5-6-15(18(23)16(13)20(26)28)32-19-12(22)3-4-14(17(19)21)25-33(29,30)27-8-7-11(9-27)31-2;3-2(4,5)1(6)7/h3-6,10-11,25H,7-9H2,1-2H3;(H,6,7)/t11-;/m1./s1. The fraction of sp³-hybridized carbons (Fsp3) is 0.318. The van der Waals surface area contributed by atoms with Crippen LogP contribution in [-0.2, 0) is 26.8 Å². The zero-order valence-corrected chi connectivity index (χ0v) is 22.1. The van der Waals surface area contributed by atoms with Crippen LogP contribution in [0.15, 0.2) is 35.4 Å². The topological polar surface area (TPSA) is 140 Å². The maximum atomic E-state index is 15.0. The Kier molecular flexibility index (Phi) is 9.23. The van der Waals surface area contributed by atoms with Gasteiger partial charge in [-0.25, -0.2) is 18.6 Å². The Morgan fingerprint density at radius 3 is 2.45 bits per heavy atom. The number of ether oxygens (including phenoxy) is 2. The molecule has 1 fully saturated rings. The van der Waals surface area contributed by atoms with Gasteiger partial charge >= 0.3 is 22.4 Å². The molecule has 1 aliphatic heterocycles. The summed E-state index contributed by atoms with van der Waals surface area (Å²) in [5.74, 6) is -5.84. The first-order chi connectivity index (χ1) is 18.6. The average molecular weight is 615 g/mol. The highest BCUT2D eigenvalue weighted by molar-refractivity contribution is 7.90. The largest absolute Gasteiger partial charge is 0.490 e. The summed E-state index contributed by atoms with van der Waals surface area (Å²) in [6.07, 6.45) is -3.55. The van der Waals surface area contributed by atoms with Gasteiger partial charge in [-0.15, -0.1) is 0 Å². The summed E-state index contributed by atoms with van der Waals surface area (Å²) in [6, 6.07) is 4.57. The molecule has 0 aliphatic carbocycles. The SMILES string of the molecule is CO[C@@H]1CCN(S(=O)(=O)Nc2ccc(F)c(Oc3ccc4ncn(C)c(=O)c4c3F)c2Cl)C1.O=C(O)C(F)(F)F. The van der Waals surface area contributed by atoms with Gasteiger partial charge in [-0.2, -0.15) is 25.9 Å². The molecule has 0 spiro atoms. The number of aryl methyl sites for hydroxylation is 1. The lowest BCUT2D eigenvalue weighted by Crippen LogP contribution is -2.35. The van der Waals surface area contributed by atoms with E-state index in [1.165, 1.54) is 36.9 Å². The van der Waals surface area contributed by atoms with E-state index in [1.54, 1.807) is 0 Å². The zero-order chi connectivity index (χ0) is 30.0. The van der Waals surface area contributed by atoms with E-state index < -0.39 is 56.1 Å². The smallest absolute Gasteiger partial charge is 0.475 e. The van der Waals surface area contributed by atoms with Crippen molar-refractivity contribution < 1.29 is 49.7 Å². The van der Waals surface area contributed by atoms with Gasteiger partial charge in [0.1, 0.15) is 10.4 Å². The Balaban J connectivity index is 0.000000559. The van der Waals surface area contributed by atoms with Crippen LogP contribution in [0.1, 0.15) is 6.42 Å². The van der Waals surface area contributed by atoms with Crippen LogP contribution in [0.25, 0.3) is 10.9 Å². The van der Waals surface area contributed by atoms with E-state index in [0.717, 1.165) is 16.7 Å². The Bertz CT molecular complexity index is 1600. The Hall–Kier alpha value is -3.54. The van der Waals surface area contributed by atoms with Crippen LogP contribution in [0.5, 0.6) is 11.5 Å². The molecule has 1 atom stereocenters. The zero-order valence-electron chi connectivity index (χ0n) is 20.5. The number of hydrogen-bond donors (Lipinski definition) is 2. The first-order valence-electron chi connectivity index (χ1n) is 11.0. The minimum absolute atomic E-state index is 0.0935. The second-order valence-corrected chi connectivity index (χ2v) is 10.2. The Labute approximate surface area is 227 Å². The number of nitrogens with one attached hydrogen (secondary N) is 1. The maximum absolute atomic E-state index is 15.0. The third kappa shape index (κ3) is 6.78. The van der Waals surface area contributed by atoms with Crippen molar-refractivity contribution in [3.05, 3.63) is 57.6 Å². The molecule has 2 aromatic carbocycles. The highest BCUT2D eigenvalue weighted by atomic mass is 35.5. The van der Waals surface area contributed by atoms with Gasteiger partial charge in [0, 0.05) is 27.2 Å². The molecule has 0 amide bonds. The molecule has 0 unspecified atom stereocenters. The number of fused-ring (bicyclic) bond motifs is 1. The number of anilines is 1. The molecule has 18 heteroatoms. The van der Waals surface area contributed by atoms with Crippen molar-refractivity contribution in [3.63, 3.8) is 0 Å². The van der Waals surface area contributed by atoms with Crippen molar-refractivity contribution in [3.8, 4) is 11.5 Å². The second-order valence-electron chi connectivity index (χ2n) is 8.19. The van der Waals surface area contributed by atoms with Gasteiger partial charge in [0.05, 0.1) is 23.6 Å². The molecule has 218 valence electrons. The number of nitrogens with zero attached hydrogens (tertiary/aromatic N) is 3. The van der Waals surface area contributed by atoms with E-state index in [4.69, 9.17) is 31.0 Å². The summed E-state index contributed by atoms with van der Waals surface area (Å²) in [4.78, 5) is 25.2. The van der Waals surface area contributed by atoms with E-state index in [1.807, 2.05) is 0 Å². The molecule has 40 heavy (non-hydrogen) atoms. The molecule has 4 rings (SSSR count). The highest BCUT2D eigenvalue weighted by Crippen LogP contribution is 2.39. The minimum Gasteiger partial charge on any atom is -0.475 e. The quantitative estimate of drug-likeness (QED) is 0.401. The van der Waals surface area contributed by atoms with Crippen LogP contribution < -0.4 is 15.0 Å². The van der Waals surface area contributed by atoms with Gasteiger partial charge < -0.3 is 19.1 Å². The highest BCUT2D eigenvalue weighted by Gasteiger charge is 2.38. The van der Waals surface area contributed by atoms with E-state index >= 15 is 4.39 Å². The Morgan fingerprint density at radius 1 is 1.23 bits per heavy atom. The number of rotatable bonds is 6. The monoisotopic (exact) mass is 614 g/mol. The van der Waals surface area contributed by atoms with Crippen molar-refractivity contribution in [1.82, 2.24) is 13.9 Å². The van der Waals surface area contributed by atoms with Crippen molar-refractivity contribution in [1.29, 1.82) is 0 Å². The third-order valence-corrected chi connectivity index (χ3v) is 7.38. The van der Waals surface area contributed by atoms with E-state index in [0.29, 0.717) is 6.42 Å². The second kappa shape index (κ2) is 11.9. The first-order valence-corrected chi connectivity index (χ1v) is 12.8. The molecule has 2 N–H and O–H groups in total. The lowest BCUT2D eigenvalue weighted by atomic mass is 10.2. The van der Waals surface area contributed by atoms with Crippen molar-refractivity contribution in [2.24, 2.45) is 7.05 Å². The normalized spacial score (nSPS) is 15.9. The summed E-state index contributed by atoms with van der Waals surface area (Å²) in [5.41, 5.74) is -0.722. The molecule has 2 heterocycles. The molecule has 3 aromatic rings. The molecular weight excluding hydrogens is 595 g/mol. The third-order valence-electron chi connectivity index (χ3n) is 5.51. The maximum Gasteiger partial charge on any atom is 0.490 e. The van der Waals surface area contributed by atoms with Crippen LogP contribution in [0.4, 0.5) is 27.6 Å². The van der Waals surface area contributed by atoms with Crippen molar-refractivity contribution in [2.45, 2.75) is 18.7 Å². The summed E-state index contributed by atoms with van der Waals surface area (Å²) in [5, 5.41) is 6.37. The first kappa shape index (κ1) is 31.0. The number of alkyl halides is 3. The molecule has 1 aliphatic rings. The van der Waals surface area contributed by atoms with Crippen LogP contribution in [0.2, 0.25) is 5.02 Å². The predicted molar refractivity (Wildman–Crippen MR) is 132 cm³/mol. The molecular formula is C22H20ClF5N4O7S. The lowest BCUT2D eigenvalue weighted by Gasteiger charge is -2.19. The number of aliphatic carboxylic acids is 1. The summed E-state index contributed by atoms with van der Waals surface area (Å²) in [7, 11) is -1.12. The van der Waals surface area contributed by atoms with Gasteiger partial charge in [-0.05, 0) is 30.7 Å². The average Bonchev–Trinajstić information content (AvgIpc) is 3.37. The van der Waals surface area contributed by atoms with Crippen LogP contribution in [0, 0.1) is 11.6 Å². The number of methoxy groups -OCH3 is 1. The fourth-order valence-electron chi connectivity index (χ4n) is 3.44. The van der Waals surface area contributed by atoms with Gasteiger partial charge in [0.15, 0.2) is 23.1 Å². The van der Waals surface area contributed by atoms with Gasteiger partial charge in [0.2, 0.25) is 0 Å². The molecule has 0 radical (unpaired) electrons. The summed E-state index contributed by atoms with van der Waals surface area (Å²) < 4.78 is 102. The summed E-state index contributed by atoms with van der Waals surface area (Å²) >= 11 is 6.22. The van der Waals surface area contributed by atoms with Crippen LogP contribution in [-0.4, -0.2) is 65.8 Å². The molecule has 11 nitrogen and oxygen atoms in total. The van der Waals surface area contributed by atoms with Gasteiger partial charge in [-0.3, -0.25) is 9.52 Å². The number of halogens is 6. The minimum atomic E-state index is -5.08. The number of aromatic nitrogens is 2. The van der Waals surface area contributed by atoms with E-state index in [2.05, 4.69) is 9.71 Å². The van der Waals surface area contributed by atoms with Crippen molar-refractivity contribution >= 4 is 44.4 Å². The molecule has 1 saturated heterocycles. The Morgan fingerprint density at radius 2 is 1.88 bits per heavy atom. The predicted octanol–water partition coefficient (Wildman–Crippen LogP) is 3.67. The molecule has 0 bridgehead atoms. The summed E-state index contributed by atoms with van der Waals surface area (Å²) in [6.45, 7) is 0.389. The molecule has 1 aromatic heterocycles. The number of carbonyl (C=O) groups is 1. The fourth-order valence-corrected chi connectivity index (χ4v) is 5.02. The van der Waals surface area contributed by atoms with Crippen LogP contribution >= 0.6 is 11.6 Å². The van der Waals surface area contributed by atoms with Gasteiger partial charge in [-0.1, -0.05) is 11.6 Å². The molecule has 0 saturated carbocycles. The van der Waals surface area contributed by atoms with Gasteiger partial charge in [0.25, 0.3) is 5.56 Å². The van der Waals surface area contributed by atoms with E-state index in [-0.39, 0.29) is 35.8 Å². The van der Waals surface area contributed by atoms with E-state index in [9.17, 15) is 30.8 Å². The number of hydrogen-bond acceptors (Lipinski definition) is 7. The van der Waals surface area contributed by atoms with Crippen molar-refractivity contribution in [2.75, 3.05) is 24.9 Å². The number of carboxylic acid groups (broad SMARTS) is 1. The van der Waals surface area contributed by atoms with Crippen LogP contribution in [0.3, 0.4) is 0 Å².